The normalized spacial score (nSPS) is 17.4. The van der Waals surface area contributed by atoms with Gasteiger partial charge in [0.25, 0.3) is 6.01 Å². The minimum Gasteiger partial charge on any atom is -0.465 e. The van der Waals surface area contributed by atoms with E-state index in [1.54, 1.807) is 12.4 Å². The van der Waals surface area contributed by atoms with Gasteiger partial charge < -0.3 is 19.7 Å². The smallest absolute Gasteiger partial charge is 0.407 e. The van der Waals surface area contributed by atoms with Crippen LogP contribution in [0, 0.1) is 5.92 Å². The monoisotopic (exact) mass is 225 g/mol. The SMILES string of the molecule is O=C(O)N1CCC(COc2ncc[nH]2)CC1. The summed E-state index contributed by atoms with van der Waals surface area (Å²) in [5.41, 5.74) is 0. The van der Waals surface area contributed by atoms with Gasteiger partial charge in [0.2, 0.25) is 0 Å². The van der Waals surface area contributed by atoms with E-state index in [2.05, 4.69) is 9.97 Å². The van der Waals surface area contributed by atoms with Crippen LogP contribution in [0.5, 0.6) is 6.01 Å². The number of rotatable bonds is 3. The highest BCUT2D eigenvalue weighted by Crippen LogP contribution is 2.17. The average Bonchev–Trinajstić information content (AvgIpc) is 2.80. The number of nitrogens with zero attached hydrogens (tertiary/aromatic N) is 2. The number of hydrogen-bond acceptors (Lipinski definition) is 3. The lowest BCUT2D eigenvalue weighted by Crippen LogP contribution is -2.38. The Morgan fingerprint density at radius 3 is 2.94 bits per heavy atom. The third-order valence-corrected chi connectivity index (χ3v) is 2.81. The van der Waals surface area contributed by atoms with Gasteiger partial charge in [-0.1, -0.05) is 0 Å². The maximum absolute atomic E-state index is 10.7. The first-order valence-electron chi connectivity index (χ1n) is 5.36. The number of H-pyrrole nitrogens is 1. The number of aromatic nitrogens is 2. The van der Waals surface area contributed by atoms with E-state index in [4.69, 9.17) is 9.84 Å². The Labute approximate surface area is 93.2 Å². The highest BCUT2D eigenvalue weighted by atomic mass is 16.5. The van der Waals surface area contributed by atoms with E-state index in [0.29, 0.717) is 31.6 Å². The molecule has 0 spiro atoms. The standard InChI is InChI=1S/C10H15N3O3/c14-10(15)13-5-1-8(2-6-13)7-16-9-11-3-4-12-9/h3-4,8H,1-2,5-7H2,(H,11,12)(H,14,15). The third kappa shape index (κ3) is 2.65. The van der Waals surface area contributed by atoms with Crippen LogP contribution in [0.2, 0.25) is 0 Å². The minimum atomic E-state index is -0.828. The molecule has 1 aliphatic rings. The molecule has 1 saturated heterocycles. The van der Waals surface area contributed by atoms with Gasteiger partial charge in [-0.05, 0) is 18.8 Å². The summed E-state index contributed by atoms with van der Waals surface area (Å²) in [7, 11) is 0. The largest absolute Gasteiger partial charge is 0.465 e. The zero-order valence-electron chi connectivity index (χ0n) is 8.93. The second-order valence-corrected chi connectivity index (χ2v) is 3.92. The molecule has 1 aromatic heterocycles. The van der Waals surface area contributed by atoms with Crippen LogP contribution in [-0.4, -0.2) is 45.8 Å². The van der Waals surface area contributed by atoms with Crippen LogP contribution in [0.15, 0.2) is 12.4 Å². The molecule has 0 bridgehead atoms. The van der Waals surface area contributed by atoms with Crippen molar-refractivity contribution in [3.63, 3.8) is 0 Å². The summed E-state index contributed by atoms with van der Waals surface area (Å²) >= 11 is 0. The molecule has 88 valence electrons. The van der Waals surface area contributed by atoms with Gasteiger partial charge in [0.05, 0.1) is 6.61 Å². The van der Waals surface area contributed by atoms with Crippen molar-refractivity contribution in [2.24, 2.45) is 5.92 Å². The summed E-state index contributed by atoms with van der Waals surface area (Å²) in [5, 5.41) is 8.78. The number of amides is 1. The van der Waals surface area contributed by atoms with Crippen LogP contribution in [0.4, 0.5) is 4.79 Å². The predicted molar refractivity (Wildman–Crippen MR) is 56.4 cm³/mol. The molecule has 2 rings (SSSR count). The molecule has 6 nitrogen and oxygen atoms in total. The zero-order valence-corrected chi connectivity index (χ0v) is 8.93. The van der Waals surface area contributed by atoms with Crippen molar-refractivity contribution in [3.05, 3.63) is 12.4 Å². The third-order valence-electron chi connectivity index (χ3n) is 2.81. The van der Waals surface area contributed by atoms with Crippen molar-refractivity contribution in [1.82, 2.24) is 14.9 Å². The van der Waals surface area contributed by atoms with Crippen molar-refractivity contribution in [3.8, 4) is 6.01 Å². The number of aromatic amines is 1. The van der Waals surface area contributed by atoms with Gasteiger partial charge in [0.1, 0.15) is 0 Å². The first-order chi connectivity index (χ1) is 7.75. The highest BCUT2D eigenvalue weighted by Gasteiger charge is 2.22. The minimum absolute atomic E-state index is 0.417. The quantitative estimate of drug-likeness (QED) is 0.809. The first kappa shape index (κ1) is 10.8. The molecule has 16 heavy (non-hydrogen) atoms. The molecule has 2 N–H and O–H groups in total. The number of carbonyl (C=O) groups is 1. The Hall–Kier alpha value is -1.72. The summed E-state index contributed by atoms with van der Waals surface area (Å²) in [6.45, 7) is 1.80. The molecule has 1 amide bonds. The Balaban J connectivity index is 1.71. The molecule has 0 saturated carbocycles. The Morgan fingerprint density at radius 2 is 2.38 bits per heavy atom. The molecule has 0 radical (unpaired) electrons. The lowest BCUT2D eigenvalue weighted by molar-refractivity contribution is 0.110. The molecule has 2 heterocycles. The number of hydrogen-bond donors (Lipinski definition) is 2. The fraction of sp³-hybridized carbons (Fsp3) is 0.600. The van der Waals surface area contributed by atoms with Crippen molar-refractivity contribution < 1.29 is 14.6 Å². The molecular formula is C10H15N3O3. The molecular weight excluding hydrogens is 210 g/mol. The zero-order chi connectivity index (χ0) is 11.4. The molecule has 0 atom stereocenters. The average molecular weight is 225 g/mol. The number of imidazole rings is 1. The van der Waals surface area contributed by atoms with Gasteiger partial charge in [-0.25, -0.2) is 9.78 Å². The summed E-state index contributed by atoms with van der Waals surface area (Å²) < 4.78 is 5.45. The van der Waals surface area contributed by atoms with Crippen molar-refractivity contribution in [2.45, 2.75) is 12.8 Å². The van der Waals surface area contributed by atoms with E-state index in [9.17, 15) is 4.79 Å². The maximum Gasteiger partial charge on any atom is 0.407 e. The van der Waals surface area contributed by atoms with E-state index in [0.717, 1.165) is 12.8 Å². The van der Waals surface area contributed by atoms with Crippen LogP contribution < -0.4 is 4.74 Å². The fourth-order valence-electron chi connectivity index (χ4n) is 1.82. The number of piperidine rings is 1. The van der Waals surface area contributed by atoms with Crippen LogP contribution in [-0.2, 0) is 0 Å². The van der Waals surface area contributed by atoms with Crippen LogP contribution in [0.3, 0.4) is 0 Å². The molecule has 1 aliphatic heterocycles. The van der Waals surface area contributed by atoms with Crippen molar-refractivity contribution in [1.29, 1.82) is 0 Å². The maximum atomic E-state index is 10.7. The molecule has 0 aliphatic carbocycles. The highest BCUT2D eigenvalue weighted by molar-refractivity contribution is 5.64. The van der Waals surface area contributed by atoms with Gasteiger partial charge >= 0.3 is 6.09 Å². The van der Waals surface area contributed by atoms with Gasteiger partial charge in [0, 0.05) is 25.5 Å². The molecule has 1 aromatic rings. The van der Waals surface area contributed by atoms with Crippen molar-refractivity contribution >= 4 is 6.09 Å². The number of nitrogens with one attached hydrogen (secondary N) is 1. The van der Waals surface area contributed by atoms with Crippen LogP contribution in [0.25, 0.3) is 0 Å². The van der Waals surface area contributed by atoms with Gasteiger partial charge in [-0.15, -0.1) is 0 Å². The van der Waals surface area contributed by atoms with Crippen molar-refractivity contribution in [2.75, 3.05) is 19.7 Å². The van der Waals surface area contributed by atoms with Crippen LogP contribution in [0.1, 0.15) is 12.8 Å². The van der Waals surface area contributed by atoms with Gasteiger partial charge in [-0.3, -0.25) is 0 Å². The Bertz CT molecular complexity index is 331. The van der Waals surface area contributed by atoms with Gasteiger partial charge in [-0.2, -0.15) is 0 Å². The molecule has 0 aromatic carbocycles. The Kier molecular flexibility index (Phi) is 3.28. The van der Waals surface area contributed by atoms with E-state index < -0.39 is 6.09 Å². The topological polar surface area (TPSA) is 78.4 Å². The predicted octanol–water partition coefficient (Wildman–Crippen LogP) is 1.18. The number of ether oxygens (including phenoxy) is 1. The fourth-order valence-corrected chi connectivity index (χ4v) is 1.82. The first-order valence-corrected chi connectivity index (χ1v) is 5.36. The second kappa shape index (κ2) is 4.87. The lowest BCUT2D eigenvalue weighted by atomic mass is 9.98. The lowest BCUT2D eigenvalue weighted by Gasteiger charge is -2.29. The Morgan fingerprint density at radius 1 is 1.62 bits per heavy atom. The number of carboxylic acid groups (broad SMARTS) is 1. The van der Waals surface area contributed by atoms with E-state index in [-0.39, 0.29) is 0 Å². The summed E-state index contributed by atoms with van der Waals surface area (Å²) in [4.78, 5) is 19.0. The summed E-state index contributed by atoms with van der Waals surface area (Å²) in [6, 6.07) is 0.528. The molecule has 1 fully saturated rings. The van der Waals surface area contributed by atoms with E-state index in [1.807, 2.05) is 0 Å². The summed E-state index contributed by atoms with van der Waals surface area (Å²) in [5.74, 6) is 0.417. The van der Waals surface area contributed by atoms with Crippen LogP contribution >= 0.6 is 0 Å². The van der Waals surface area contributed by atoms with E-state index in [1.165, 1.54) is 4.90 Å². The van der Waals surface area contributed by atoms with E-state index >= 15 is 0 Å². The van der Waals surface area contributed by atoms with Gasteiger partial charge in [0.15, 0.2) is 0 Å². The molecule has 0 unspecified atom stereocenters. The second-order valence-electron chi connectivity index (χ2n) is 3.92. The number of likely N-dealkylation sites (tertiary alicyclic amines) is 1. The molecule has 6 heteroatoms. The summed E-state index contributed by atoms with van der Waals surface area (Å²) in [6.07, 6.45) is 4.23.